The van der Waals surface area contributed by atoms with Crippen LogP contribution in [0.25, 0.3) is 0 Å². The van der Waals surface area contributed by atoms with Crippen molar-refractivity contribution in [3.05, 3.63) is 59.7 Å². The van der Waals surface area contributed by atoms with E-state index in [9.17, 15) is 8.42 Å². The van der Waals surface area contributed by atoms with Gasteiger partial charge in [0.1, 0.15) is 5.75 Å². The molecule has 2 aromatic carbocycles. The molecule has 0 spiro atoms. The summed E-state index contributed by atoms with van der Waals surface area (Å²) in [5.74, 6) is 0.806. The van der Waals surface area contributed by atoms with Gasteiger partial charge in [-0.2, -0.15) is 8.42 Å². The Morgan fingerprint density at radius 2 is 1.64 bits per heavy atom. The first-order valence-corrected chi connectivity index (χ1v) is 10.0. The van der Waals surface area contributed by atoms with E-state index in [2.05, 4.69) is 0 Å². The van der Waals surface area contributed by atoms with E-state index < -0.39 is 10.1 Å². The Balaban J connectivity index is 1.87. The molecule has 1 aliphatic carbocycles. The molecule has 0 radical (unpaired) electrons. The van der Waals surface area contributed by atoms with Crippen LogP contribution in [-0.2, 0) is 14.3 Å². The van der Waals surface area contributed by atoms with E-state index in [1.54, 1.807) is 31.4 Å². The maximum absolute atomic E-state index is 12.7. The standard InChI is InChI=1S/C20H24O4S/c1-15-11-13-16(14-12-15)25(21,22)24-20-10-6-4-8-18(20)17-7-3-5-9-19(17)23-2/h3,5,7,9,11-14,18,20H,4,6,8,10H2,1-2H3/t18-,20-/m0/s1. The minimum Gasteiger partial charge on any atom is -0.496 e. The smallest absolute Gasteiger partial charge is 0.297 e. The third kappa shape index (κ3) is 4.05. The first kappa shape index (κ1) is 18.0. The van der Waals surface area contributed by atoms with Gasteiger partial charge in [-0.15, -0.1) is 0 Å². The highest BCUT2D eigenvalue weighted by Gasteiger charge is 2.33. The lowest BCUT2D eigenvalue weighted by Crippen LogP contribution is -2.29. The minimum atomic E-state index is -3.78. The summed E-state index contributed by atoms with van der Waals surface area (Å²) < 4.78 is 36.5. The summed E-state index contributed by atoms with van der Waals surface area (Å²) in [6.07, 6.45) is 3.30. The van der Waals surface area contributed by atoms with Crippen LogP contribution in [0, 0.1) is 6.92 Å². The molecule has 2 atom stereocenters. The number of methoxy groups -OCH3 is 1. The van der Waals surface area contributed by atoms with Crippen LogP contribution in [0.15, 0.2) is 53.4 Å². The van der Waals surface area contributed by atoms with Gasteiger partial charge in [0.2, 0.25) is 0 Å². The monoisotopic (exact) mass is 360 g/mol. The first-order chi connectivity index (χ1) is 12.0. The predicted molar refractivity (Wildman–Crippen MR) is 97.4 cm³/mol. The second kappa shape index (κ2) is 7.58. The second-order valence-corrected chi connectivity index (χ2v) is 8.11. The Labute approximate surface area is 149 Å². The maximum atomic E-state index is 12.7. The minimum absolute atomic E-state index is 0.0186. The van der Waals surface area contributed by atoms with Crippen molar-refractivity contribution < 1.29 is 17.3 Å². The zero-order chi connectivity index (χ0) is 17.9. The Morgan fingerprint density at radius 1 is 0.960 bits per heavy atom. The Morgan fingerprint density at radius 3 is 2.36 bits per heavy atom. The summed E-state index contributed by atoms with van der Waals surface area (Å²) >= 11 is 0. The van der Waals surface area contributed by atoms with E-state index in [0.29, 0.717) is 0 Å². The molecule has 0 aromatic heterocycles. The molecular weight excluding hydrogens is 336 g/mol. The van der Waals surface area contributed by atoms with Crippen molar-refractivity contribution in [1.82, 2.24) is 0 Å². The first-order valence-electron chi connectivity index (χ1n) is 8.64. The largest absolute Gasteiger partial charge is 0.496 e. The topological polar surface area (TPSA) is 52.6 Å². The van der Waals surface area contributed by atoms with E-state index in [4.69, 9.17) is 8.92 Å². The SMILES string of the molecule is COc1ccccc1[C@@H]1CCCC[C@@H]1OS(=O)(=O)c1ccc(C)cc1. The lowest BCUT2D eigenvalue weighted by molar-refractivity contribution is 0.135. The highest BCUT2D eigenvalue weighted by molar-refractivity contribution is 7.86. The number of hydrogen-bond donors (Lipinski definition) is 0. The number of rotatable bonds is 5. The van der Waals surface area contributed by atoms with Crippen molar-refractivity contribution in [2.75, 3.05) is 7.11 Å². The third-order valence-corrected chi connectivity index (χ3v) is 6.15. The van der Waals surface area contributed by atoms with Crippen molar-refractivity contribution in [2.45, 2.75) is 49.5 Å². The summed E-state index contributed by atoms with van der Waals surface area (Å²) in [5, 5.41) is 0. The van der Waals surface area contributed by atoms with Gasteiger partial charge >= 0.3 is 0 Å². The second-order valence-electron chi connectivity index (χ2n) is 6.53. The van der Waals surface area contributed by atoms with Crippen LogP contribution < -0.4 is 4.74 Å². The summed E-state index contributed by atoms with van der Waals surface area (Å²) in [5.41, 5.74) is 2.04. The summed E-state index contributed by atoms with van der Waals surface area (Å²) in [6, 6.07) is 14.6. The molecule has 0 bridgehead atoms. The summed E-state index contributed by atoms with van der Waals surface area (Å²) in [6.45, 7) is 1.93. The van der Waals surface area contributed by atoms with E-state index in [0.717, 1.165) is 42.6 Å². The highest BCUT2D eigenvalue weighted by atomic mass is 32.2. The zero-order valence-electron chi connectivity index (χ0n) is 14.6. The van der Waals surface area contributed by atoms with Gasteiger partial charge in [-0.3, -0.25) is 4.18 Å². The van der Waals surface area contributed by atoms with Crippen LogP contribution in [-0.4, -0.2) is 21.6 Å². The van der Waals surface area contributed by atoms with Gasteiger partial charge in [0, 0.05) is 5.92 Å². The molecule has 0 amide bonds. The number of aryl methyl sites for hydroxylation is 1. The molecule has 0 unspecified atom stereocenters. The van der Waals surface area contributed by atoms with E-state index in [1.807, 2.05) is 31.2 Å². The molecule has 1 saturated carbocycles. The molecule has 1 fully saturated rings. The van der Waals surface area contributed by atoms with Gasteiger partial charge in [-0.1, -0.05) is 48.7 Å². The van der Waals surface area contributed by atoms with Crippen LogP contribution in [0.5, 0.6) is 5.75 Å². The molecule has 25 heavy (non-hydrogen) atoms. The summed E-state index contributed by atoms with van der Waals surface area (Å²) in [7, 11) is -2.14. The molecule has 0 aliphatic heterocycles. The average Bonchev–Trinajstić information content (AvgIpc) is 2.62. The molecule has 1 aliphatic rings. The van der Waals surface area contributed by atoms with Crippen LogP contribution in [0.2, 0.25) is 0 Å². The van der Waals surface area contributed by atoms with E-state index in [-0.39, 0.29) is 16.9 Å². The van der Waals surface area contributed by atoms with Crippen molar-refractivity contribution in [3.63, 3.8) is 0 Å². The summed E-state index contributed by atoms with van der Waals surface area (Å²) in [4.78, 5) is 0.211. The Kier molecular flexibility index (Phi) is 5.45. The molecule has 4 nitrogen and oxygen atoms in total. The number of ether oxygens (including phenoxy) is 1. The van der Waals surface area contributed by atoms with Gasteiger partial charge in [-0.25, -0.2) is 0 Å². The fourth-order valence-corrected chi connectivity index (χ4v) is 4.60. The van der Waals surface area contributed by atoms with Crippen LogP contribution in [0.3, 0.4) is 0 Å². The molecular formula is C20H24O4S. The predicted octanol–water partition coefficient (Wildman–Crippen LogP) is 4.44. The fourth-order valence-electron chi connectivity index (χ4n) is 3.46. The quantitative estimate of drug-likeness (QED) is 0.740. The van der Waals surface area contributed by atoms with Crippen molar-refractivity contribution in [1.29, 1.82) is 0 Å². The van der Waals surface area contributed by atoms with Gasteiger partial charge < -0.3 is 4.74 Å². The third-order valence-electron chi connectivity index (χ3n) is 4.80. The van der Waals surface area contributed by atoms with Crippen molar-refractivity contribution in [2.24, 2.45) is 0 Å². The van der Waals surface area contributed by atoms with Crippen molar-refractivity contribution in [3.8, 4) is 5.75 Å². The van der Waals surface area contributed by atoms with Gasteiger partial charge in [-0.05, 0) is 43.5 Å². The fraction of sp³-hybridized carbons (Fsp3) is 0.400. The molecule has 3 rings (SSSR count). The lowest BCUT2D eigenvalue weighted by Gasteiger charge is -2.32. The molecule has 0 saturated heterocycles. The molecule has 0 N–H and O–H groups in total. The maximum Gasteiger partial charge on any atom is 0.297 e. The zero-order valence-corrected chi connectivity index (χ0v) is 15.5. The Bertz CT molecular complexity index is 812. The lowest BCUT2D eigenvalue weighted by atomic mass is 9.81. The number of benzene rings is 2. The van der Waals surface area contributed by atoms with Crippen molar-refractivity contribution >= 4 is 10.1 Å². The van der Waals surface area contributed by atoms with Gasteiger partial charge in [0.15, 0.2) is 0 Å². The van der Waals surface area contributed by atoms with Gasteiger partial charge in [0.25, 0.3) is 10.1 Å². The van der Waals surface area contributed by atoms with Crippen LogP contribution in [0.1, 0.15) is 42.7 Å². The van der Waals surface area contributed by atoms with Gasteiger partial charge in [0.05, 0.1) is 18.1 Å². The Hall–Kier alpha value is -1.85. The van der Waals surface area contributed by atoms with Crippen LogP contribution in [0.4, 0.5) is 0 Å². The van der Waals surface area contributed by atoms with E-state index in [1.165, 1.54) is 0 Å². The van der Waals surface area contributed by atoms with E-state index >= 15 is 0 Å². The molecule has 5 heteroatoms. The van der Waals surface area contributed by atoms with Crippen LogP contribution >= 0.6 is 0 Å². The number of para-hydroxylation sites is 1. The molecule has 2 aromatic rings. The normalized spacial score (nSPS) is 21.0. The molecule has 0 heterocycles. The average molecular weight is 360 g/mol. The molecule has 134 valence electrons. The number of hydrogen-bond acceptors (Lipinski definition) is 4. The highest BCUT2D eigenvalue weighted by Crippen LogP contribution is 2.40.